The number of hydrogen-bond acceptors (Lipinski definition) is 7. The van der Waals surface area contributed by atoms with E-state index in [4.69, 9.17) is 0 Å². The Bertz CT molecular complexity index is 1490. The molecule has 1 aliphatic heterocycles. The van der Waals surface area contributed by atoms with Crippen molar-refractivity contribution in [1.82, 2.24) is 19.8 Å². The number of sulfone groups is 1. The molecule has 10 nitrogen and oxygen atoms in total. The van der Waals surface area contributed by atoms with E-state index >= 15 is 0 Å². The Labute approximate surface area is 209 Å². The first-order valence-electron chi connectivity index (χ1n) is 11.6. The van der Waals surface area contributed by atoms with Crippen molar-refractivity contribution in [3.63, 3.8) is 0 Å². The van der Waals surface area contributed by atoms with Gasteiger partial charge in [0.05, 0.1) is 22.1 Å². The van der Waals surface area contributed by atoms with Crippen LogP contribution in [0.3, 0.4) is 0 Å². The Morgan fingerprint density at radius 1 is 1.06 bits per heavy atom. The summed E-state index contributed by atoms with van der Waals surface area (Å²) in [5.74, 6) is -0.306. The maximum Gasteiger partial charge on any atom is 0.261 e. The Kier molecular flexibility index (Phi) is 7.11. The number of anilines is 1. The minimum absolute atomic E-state index is 0.0552. The first kappa shape index (κ1) is 25.4. The molecule has 2 heterocycles. The Hall–Kier alpha value is -3.73. The molecule has 1 aromatic heterocycles. The minimum Gasteiger partial charge on any atom is -0.368 e. The highest BCUT2D eigenvalue weighted by Crippen LogP contribution is 2.20. The molecular formula is C25H29N5O5S. The van der Waals surface area contributed by atoms with Gasteiger partial charge in [-0.05, 0) is 42.3 Å². The van der Waals surface area contributed by atoms with Crippen molar-refractivity contribution in [2.24, 2.45) is 0 Å². The number of piperazine rings is 1. The van der Waals surface area contributed by atoms with Crippen molar-refractivity contribution in [3.05, 3.63) is 64.2 Å². The van der Waals surface area contributed by atoms with E-state index in [0.717, 1.165) is 17.5 Å². The zero-order valence-corrected chi connectivity index (χ0v) is 21.3. The number of hydrogen-bond donors (Lipinski definition) is 1. The average molecular weight is 512 g/mol. The van der Waals surface area contributed by atoms with Crippen LogP contribution in [0, 0.1) is 6.92 Å². The summed E-state index contributed by atoms with van der Waals surface area (Å²) in [5.41, 5.74) is 2.47. The molecule has 1 aliphatic rings. The first-order valence-corrected chi connectivity index (χ1v) is 13.5. The molecule has 1 N–H and O–H groups in total. The van der Waals surface area contributed by atoms with Gasteiger partial charge in [-0.3, -0.25) is 19.0 Å². The van der Waals surface area contributed by atoms with Gasteiger partial charge in [0.2, 0.25) is 11.8 Å². The van der Waals surface area contributed by atoms with Gasteiger partial charge in [0.1, 0.15) is 6.54 Å². The van der Waals surface area contributed by atoms with Gasteiger partial charge in [-0.15, -0.1) is 0 Å². The van der Waals surface area contributed by atoms with Crippen LogP contribution in [0.2, 0.25) is 0 Å². The third kappa shape index (κ3) is 5.56. The smallest absolute Gasteiger partial charge is 0.261 e. The number of amides is 2. The van der Waals surface area contributed by atoms with Crippen LogP contribution in [-0.2, 0) is 32.5 Å². The van der Waals surface area contributed by atoms with E-state index in [0.29, 0.717) is 42.6 Å². The van der Waals surface area contributed by atoms with Crippen molar-refractivity contribution in [2.45, 2.75) is 31.8 Å². The molecule has 2 amide bonds. The molecule has 11 heteroatoms. The maximum absolute atomic E-state index is 13.1. The van der Waals surface area contributed by atoms with E-state index in [-0.39, 0.29) is 35.4 Å². The topological polar surface area (TPSA) is 122 Å². The van der Waals surface area contributed by atoms with Crippen molar-refractivity contribution < 1.29 is 18.0 Å². The third-order valence-corrected chi connectivity index (χ3v) is 7.60. The third-order valence-electron chi connectivity index (χ3n) is 6.34. The molecule has 0 unspecified atom stereocenters. The molecule has 0 aliphatic carbocycles. The summed E-state index contributed by atoms with van der Waals surface area (Å²) in [4.78, 5) is 45.7. The number of benzene rings is 2. The second-order valence-electron chi connectivity index (χ2n) is 9.02. The Morgan fingerprint density at radius 2 is 1.78 bits per heavy atom. The van der Waals surface area contributed by atoms with E-state index in [2.05, 4.69) is 15.2 Å². The van der Waals surface area contributed by atoms with Crippen LogP contribution in [0.4, 0.5) is 5.69 Å². The van der Waals surface area contributed by atoms with Crippen LogP contribution < -0.4 is 15.8 Å². The largest absolute Gasteiger partial charge is 0.368 e. The Morgan fingerprint density at radius 3 is 2.42 bits per heavy atom. The summed E-state index contributed by atoms with van der Waals surface area (Å²) in [6.45, 7) is 5.88. The monoisotopic (exact) mass is 511 g/mol. The van der Waals surface area contributed by atoms with E-state index in [1.807, 2.05) is 6.07 Å². The predicted octanol–water partition coefficient (Wildman–Crippen LogP) is 1.09. The number of fused-ring (bicyclic) bond motifs is 1. The molecule has 0 radical (unpaired) electrons. The van der Waals surface area contributed by atoms with Crippen LogP contribution in [0.15, 0.2) is 52.4 Å². The normalized spacial score (nSPS) is 14.2. The molecule has 190 valence electrons. The lowest BCUT2D eigenvalue weighted by molar-refractivity contribution is -0.129. The summed E-state index contributed by atoms with van der Waals surface area (Å²) in [5, 5.41) is 3.19. The minimum atomic E-state index is -3.31. The lowest BCUT2D eigenvalue weighted by Crippen LogP contribution is -2.48. The fraction of sp³-hybridized carbons (Fsp3) is 0.360. The molecule has 0 spiro atoms. The van der Waals surface area contributed by atoms with Crippen LogP contribution in [0.5, 0.6) is 0 Å². The molecule has 36 heavy (non-hydrogen) atoms. The van der Waals surface area contributed by atoms with Gasteiger partial charge in [-0.25, -0.2) is 13.4 Å². The number of nitrogens with zero attached hydrogens (tertiary/aromatic N) is 4. The highest BCUT2D eigenvalue weighted by molar-refractivity contribution is 7.90. The molecule has 0 bridgehead atoms. The van der Waals surface area contributed by atoms with Crippen molar-refractivity contribution >= 4 is 38.2 Å². The molecular weight excluding hydrogens is 482 g/mol. The van der Waals surface area contributed by atoms with Crippen LogP contribution >= 0.6 is 0 Å². The van der Waals surface area contributed by atoms with Crippen LogP contribution in [0.1, 0.15) is 18.1 Å². The summed E-state index contributed by atoms with van der Waals surface area (Å²) >= 11 is 0. The summed E-state index contributed by atoms with van der Waals surface area (Å²) in [7, 11) is -3.31. The van der Waals surface area contributed by atoms with Crippen molar-refractivity contribution in [3.8, 4) is 0 Å². The van der Waals surface area contributed by atoms with Crippen molar-refractivity contribution in [2.75, 3.05) is 37.3 Å². The lowest BCUT2D eigenvalue weighted by atomic mass is 10.1. The summed E-state index contributed by atoms with van der Waals surface area (Å²) in [6, 6.07) is 10.4. The summed E-state index contributed by atoms with van der Waals surface area (Å²) in [6.07, 6.45) is 2.52. The zero-order chi connectivity index (χ0) is 26.0. The molecule has 0 saturated carbocycles. The lowest BCUT2D eigenvalue weighted by Gasteiger charge is -2.35. The second-order valence-corrected chi connectivity index (χ2v) is 11.0. The standard InChI is InChI=1S/C25H29N5O5S/c1-17-12-19(4-7-23(17)36(3,34)35)14-26-24(32)15-30-16-27-22-6-5-20(13-21(22)25(30)33)29-10-8-28(9-11-29)18(2)31/h4-7,12-13,16H,8-11,14-15H2,1-3H3,(H,26,32). The number of carbonyl (C=O) groups is 2. The highest BCUT2D eigenvalue weighted by Gasteiger charge is 2.19. The van der Waals surface area contributed by atoms with E-state index in [9.17, 15) is 22.8 Å². The fourth-order valence-corrected chi connectivity index (χ4v) is 5.34. The van der Waals surface area contributed by atoms with Crippen molar-refractivity contribution in [1.29, 1.82) is 0 Å². The van der Waals surface area contributed by atoms with Crippen LogP contribution in [-0.4, -0.2) is 67.1 Å². The molecule has 2 aromatic carbocycles. The van der Waals surface area contributed by atoms with Crippen LogP contribution in [0.25, 0.3) is 10.9 Å². The highest BCUT2D eigenvalue weighted by atomic mass is 32.2. The fourth-order valence-electron chi connectivity index (χ4n) is 4.38. The molecule has 4 rings (SSSR count). The molecule has 1 saturated heterocycles. The van der Waals surface area contributed by atoms with E-state index in [1.165, 1.54) is 17.0 Å². The number of rotatable bonds is 6. The number of nitrogens with one attached hydrogen (secondary N) is 1. The number of aryl methyl sites for hydroxylation is 1. The molecule has 3 aromatic rings. The van der Waals surface area contributed by atoms with Gasteiger partial charge in [-0.1, -0.05) is 12.1 Å². The Balaban J connectivity index is 1.45. The van der Waals surface area contributed by atoms with E-state index in [1.54, 1.807) is 43.0 Å². The van der Waals surface area contributed by atoms with Gasteiger partial charge < -0.3 is 15.1 Å². The summed E-state index contributed by atoms with van der Waals surface area (Å²) < 4.78 is 24.8. The second kappa shape index (κ2) is 10.1. The number of aromatic nitrogens is 2. The van der Waals surface area contributed by atoms with Gasteiger partial charge in [0.15, 0.2) is 9.84 Å². The quantitative estimate of drug-likeness (QED) is 0.526. The van der Waals surface area contributed by atoms with Gasteiger partial charge in [0, 0.05) is 51.6 Å². The maximum atomic E-state index is 13.1. The van der Waals surface area contributed by atoms with Gasteiger partial charge >= 0.3 is 0 Å². The first-order chi connectivity index (χ1) is 17.0. The van der Waals surface area contributed by atoms with Gasteiger partial charge in [-0.2, -0.15) is 0 Å². The average Bonchev–Trinajstić information content (AvgIpc) is 2.83. The SMILES string of the molecule is CC(=O)N1CCN(c2ccc3ncn(CC(=O)NCc4ccc(S(C)(=O)=O)c(C)c4)c(=O)c3c2)CC1. The predicted molar refractivity (Wildman–Crippen MR) is 137 cm³/mol. The number of carbonyl (C=O) groups excluding carboxylic acids is 2. The zero-order valence-electron chi connectivity index (χ0n) is 20.5. The molecule has 0 atom stereocenters. The van der Waals surface area contributed by atoms with E-state index < -0.39 is 9.84 Å². The van der Waals surface area contributed by atoms with Gasteiger partial charge in [0.25, 0.3) is 5.56 Å². The molecule has 1 fully saturated rings.